The Kier molecular flexibility index (Phi) is 5.83. The fourth-order valence-electron chi connectivity index (χ4n) is 4.59. The minimum absolute atomic E-state index is 0.00818. The Morgan fingerprint density at radius 3 is 2.29 bits per heavy atom. The van der Waals surface area contributed by atoms with Crippen molar-refractivity contribution in [3.05, 3.63) is 35.9 Å². The van der Waals surface area contributed by atoms with E-state index in [1.165, 1.54) is 4.90 Å². The highest BCUT2D eigenvalue weighted by Gasteiger charge is 2.49. The predicted molar refractivity (Wildman–Crippen MR) is 110 cm³/mol. The minimum atomic E-state index is -3.25. The van der Waals surface area contributed by atoms with Crippen LogP contribution in [-0.2, 0) is 30.8 Å². The van der Waals surface area contributed by atoms with Crippen LogP contribution in [0.1, 0.15) is 37.7 Å². The zero-order chi connectivity index (χ0) is 22.2. The van der Waals surface area contributed by atoms with Gasteiger partial charge in [0.05, 0.1) is 11.5 Å². The van der Waals surface area contributed by atoms with E-state index < -0.39 is 46.2 Å². The van der Waals surface area contributed by atoms with Gasteiger partial charge < -0.3 is 4.90 Å². The third-order valence-electron chi connectivity index (χ3n) is 6.23. The molecule has 31 heavy (non-hydrogen) atoms. The second kappa shape index (κ2) is 8.41. The normalized spacial score (nSPS) is 23.7. The first-order valence-corrected chi connectivity index (χ1v) is 12.3. The lowest BCUT2D eigenvalue weighted by Crippen LogP contribution is -2.48. The summed E-state index contributed by atoms with van der Waals surface area (Å²) in [4.78, 5) is 54.0. The lowest BCUT2D eigenvalue weighted by molar-refractivity contribution is -0.145. The van der Waals surface area contributed by atoms with Crippen LogP contribution in [0.25, 0.3) is 0 Å². The Hall–Kier alpha value is -2.75. The average molecular weight is 448 g/mol. The van der Waals surface area contributed by atoms with E-state index in [-0.39, 0.29) is 24.1 Å². The predicted octanol–water partition coefficient (Wildman–Crippen LogP) is 0.936. The molecular formula is C21H25N3O6S. The molecule has 0 spiro atoms. The topological polar surface area (TPSA) is 112 Å². The van der Waals surface area contributed by atoms with Gasteiger partial charge in [-0.2, -0.15) is 0 Å². The maximum Gasteiger partial charge on any atom is 0.334 e. The highest BCUT2D eigenvalue weighted by atomic mass is 32.2. The molecule has 166 valence electrons. The van der Waals surface area contributed by atoms with E-state index in [4.69, 9.17) is 0 Å². The molecule has 2 saturated heterocycles. The molecule has 1 aromatic carbocycles. The van der Waals surface area contributed by atoms with Gasteiger partial charge in [-0.1, -0.05) is 43.2 Å². The number of carbonyl (C=O) groups is 4. The Balaban J connectivity index is 1.53. The maximum absolute atomic E-state index is 13.2. The van der Waals surface area contributed by atoms with E-state index in [0.29, 0.717) is 24.2 Å². The molecule has 10 heteroatoms. The molecule has 1 saturated carbocycles. The number of hydrogen-bond donors (Lipinski definition) is 0. The molecule has 0 bridgehead atoms. The highest BCUT2D eigenvalue weighted by molar-refractivity contribution is 7.91. The summed E-state index contributed by atoms with van der Waals surface area (Å²) in [5, 5.41) is 0. The van der Waals surface area contributed by atoms with Crippen molar-refractivity contribution in [3.63, 3.8) is 0 Å². The van der Waals surface area contributed by atoms with Crippen molar-refractivity contribution < 1.29 is 27.6 Å². The molecule has 1 atom stereocenters. The van der Waals surface area contributed by atoms with Crippen LogP contribution >= 0.6 is 0 Å². The van der Waals surface area contributed by atoms with Crippen LogP contribution in [0.2, 0.25) is 0 Å². The molecule has 1 aliphatic carbocycles. The van der Waals surface area contributed by atoms with E-state index in [1.807, 2.05) is 30.3 Å². The zero-order valence-electron chi connectivity index (χ0n) is 17.1. The van der Waals surface area contributed by atoms with Gasteiger partial charge in [-0.15, -0.1) is 0 Å². The maximum atomic E-state index is 13.2. The first kappa shape index (κ1) is 21.5. The summed E-state index contributed by atoms with van der Waals surface area (Å²) in [6, 6.07) is 7.51. The molecule has 4 rings (SSSR count). The van der Waals surface area contributed by atoms with E-state index >= 15 is 0 Å². The van der Waals surface area contributed by atoms with Crippen LogP contribution in [0.3, 0.4) is 0 Å². The molecule has 1 aromatic rings. The summed E-state index contributed by atoms with van der Waals surface area (Å²) in [5.74, 6) is -2.59. The third kappa shape index (κ3) is 4.34. The van der Waals surface area contributed by atoms with Crippen molar-refractivity contribution in [2.75, 3.05) is 18.1 Å². The third-order valence-corrected chi connectivity index (χ3v) is 7.98. The van der Waals surface area contributed by atoms with Crippen molar-refractivity contribution in [2.24, 2.45) is 0 Å². The second-order valence-corrected chi connectivity index (χ2v) is 10.6. The van der Waals surface area contributed by atoms with Crippen LogP contribution in [0.15, 0.2) is 30.3 Å². The quantitative estimate of drug-likeness (QED) is 0.474. The van der Waals surface area contributed by atoms with Gasteiger partial charge in [0, 0.05) is 18.6 Å². The number of nitrogens with zero attached hydrogens (tertiary/aromatic N) is 3. The smallest absolute Gasteiger partial charge is 0.333 e. The Labute approximate surface area is 180 Å². The number of sulfone groups is 1. The average Bonchev–Trinajstić information content (AvgIpc) is 3.43. The summed E-state index contributed by atoms with van der Waals surface area (Å²) >= 11 is 0. The molecule has 0 aromatic heterocycles. The monoisotopic (exact) mass is 447 g/mol. The number of benzene rings is 1. The molecule has 9 nitrogen and oxygen atoms in total. The Morgan fingerprint density at radius 1 is 1.00 bits per heavy atom. The first-order valence-electron chi connectivity index (χ1n) is 10.5. The number of rotatable bonds is 6. The highest BCUT2D eigenvalue weighted by Crippen LogP contribution is 2.28. The molecule has 3 fully saturated rings. The largest absolute Gasteiger partial charge is 0.334 e. The van der Waals surface area contributed by atoms with Crippen LogP contribution < -0.4 is 0 Å². The van der Waals surface area contributed by atoms with Gasteiger partial charge in [0.1, 0.15) is 6.54 Å². The molecule has 2 aliphatic heterocycles. The molecular weight excluding hydrogens is 422 g/mol. The van der Waals surface area contributed by atoms with Crippen molar-refractivity contribution >= 4 is 33.6 Å². The lowest BCUT2D eigenvalue weighted by atomic mass is 10.1. The SMILES string of the molecule is O=C1C(=O)N(C2CCCC2)C(=O)N1CC(=O)N(Cc1ccccc1)[C@@H]1CCS(=O)(=O)C1. The Morgan fingerprint density at radius 2 is 1.68 bits per heavy atom. The van der Waals surface area contributed by atoms with Gasteiger partial charge in [0.25, 0.3) is 0 Å². The van der Waals surface area contributed by atoms with Crippen LogP contribution in [0.5, 0.6) is 0 Å². The van der Waals surface area contributed by atoms with Gasteiger partial charge in [-0.05, 0) is 24.8 Å². The van der Waals surface area contributed by atoms with E-state index in [2.05, 4.69) is 0 Å². The van der Waals surface area contributed by atoms with Crippen LogP contribution in [-0.4, -0.2) is 77.0 Å². The summed E-state index contributed by atoms with van der Waals surface area (Å²) in [5.41, 5.74) is 0.808. The van der Waals surface area contributed by atoms with Gasteiger partial charge in [-0.3, -0.25) is 19.3 Å². The summed E-state index contributed by atoms with van der Waals surface area (Å²) in [6.07, 6.45) is 3.39. The van der Waals surface area contributed by atoms with Gasteiger partial charge in [0.2, 0.25) is 5.91 Å². The molecule has 3 aliphatic rings. The van der Waals surface area contributed by atoms with Crippen molar-refractivity contribution in [2.45, 2.75) is 50.7 Å². The standard InChI is InChI=1S/C21H25N3O6S/c25-18(13-23-19(26)20(27)24(21(23)28)16-8-4-5-9-16)22(12-15-6-2-1-3-7-15)17-10-11-31(29,30)14-17/h1-3,6-7,16-17H,4-5,8-14H2/t17-/m1/s1. The zero-order valence-corrected chi connectivity index (χ0v) is 17.9. The molecule has 0 radical (unpaired) electrons. The minimum Gasteiger partial charge on any atom is -0.333 e. The van der Waals surface area contributed by atoms with E-state index in [1.54, 1.807) is 0 Å². The summed E-state index contributed by atoms with van der Waals surface area (Å²) in [7, 11) is -3.25. The van der Waals surface area contributed by atoms with Crippen molar-refractivity contribution in [1.82, 2.24) is 14.7 Å². The first-order chi connectivity index (χ1) is 14.8. The lowest BCUT2D eigenvalue weighted by Gasteiger charge is -2.30. The van der Waals surface area contributed by atoms with Gasteiger partial charge >= 0.3 is 17.8 Å². The van der Waals surface area contributed by atoms with Gasteiger partial charge in [0.15, 0.2) is 9.84 Å². The molecule has 0 N–H and O–H groups in total. The second-order valence-electron chi connectivity index (χ2n) is 8.35. The summed E-state index contributed by atoms with van der Waals surface area (Å²) < 4.78 is 24.0. The van der Waals surface area contributed by atoms with E-state index in [0.717, 1.165) is 23.3 Å². The number of amides is 5. The molecule has 2 heterocycles. The summed E-state index contributed by atoms with van der Waals surface area (Å²) in [6.45, 7) is -0.410. The number of carbonyl (C=O) groups excluding carboxylic acids is 4. The Bertz CT molecular complexity index is 1000. The van der Waals surface area contributed by atoms with E-state index in [9.17, 15) is 27.6 Å². The number of urea groups is 1. The molecule has 0 unspecified atom stereocenters. The number of hydrogen-bond acceptors (Lipinski definition) is 6. The molecule has 5 amide bonds. The van der Waals surface area contributed by atoms with Crippen molar-refractivity contribution in [1.29, 1.82) is 0 Å². The van der Waals surface area contributed by atoms with Crippen LogP contribution in [0, 0.1) is 0 Å². The van der Waals surface area contributed by atoms with Crippen LogP contribution in [0.4, 0.5) is 4.79 Å². The van der Waals surface area contributed by atoms with Crippen molar-refractivity contribution in [3.8, 4) is 0 Å². The van der Waals surface area contributed by atoms with Gasteiger partial charge in [-0.25, -0.2) is 18.1 Å². The fraction of sp³-hybridized carbons (Fsp3) is 0.524. The fourth-order valence-corrected chi connectivity index (χ4v) is 6.33. The number of imide groups is 2.